The molecule has 0 spiro atoms. The SMILES string of the molecule is O=c1c(Cl)c(N2CC3CCC(C2)N3)cnn1-c1ccc(C(F)(F)F)cn1. The van der Waals surface area contributed by atoms with Gasteiger partial charge >= 0.3 is 6.18 Å². The Morgan fingerprint density at radius 2 is 1.85 bits per heavy atom. The molecule has 0 aromatic carbocycles. The smallest absolute Gasteiger partial charge is 0.366 e. The van der Waals surface area contributed by atoms with Gasteiger partial charge in [-0.2, -0.15) is 23.0 Å². The Morgan fingerprint density at radius 1 is 1.15 bits per heavy atom. The van der Waals surface area contributed by atoms with Gasteiger partial charge in [0.2, 0.25) is 0 Å². The van der Waals surface area contributed by atoms with Gasteiger partial charge in [-0.05, 0) is 25.0 Å². The van der Waals surface area contributed by atoms with E-state index in [9.17, 15) is 18.0 Å². The van der Waals surface area contributed by atoms with E-state index >= 15 is 0 Å². The molecule has 2 aromatic rings. The van der Waals surface area contributed by atoms with Crippen LogP contribution in [-0.2, 0) is 6.18 Å². The van der Waals surface area contributed by atoms with Gasteiger partial charge in [0, 0.05) is 31.4 Å². The Bertz CT molecular complexity index is 871. The predicted octanol–water partition coefficient (Wildman–Crippen LogP) is 2.24. The first kappa shape index (κ1) is 17.3. The maximum atomic E-state index is 12.6. The molecule has 138 valence electrons. The highest BCUT2D eigenvalue weighted by molar-refractivity contribution is 6.33. The first-order chi connectivity index (χ1) is 12.3. The lowest BCUT2D eigenvalue weighted by Gasteiger charge is -2.34. The first-order valence-electron chi connectivity index (χ1n) is 8.15. The zero-order valence-corrected chi connectivity index (χ0v) is 14.3. The number of pyridine rings is 1. The number of aromatic nitrogens is 3. The van der Waals surface area contributed by atoms with Crippen molar-refractivity contribution in [3.63, 3.8) is 0 Å². The molecule has 4 rings (SSSR count). The second-order valence-corrected chi connectivity index (χ2v) is 6.88. The van der Waals surface area contributed by atoms with Gasteiger partial charge in [-0.3, -0.25) is 4.79 Å². The van der Waals surface area contributed by atoms with Crippen LogP contribution < -0.4 is 15.8 Å². The third-order valence-electron chi connectivity index (χ3n) is 4.75. The molecule has 0 amide bonds. The van der Waals surface area contributed by atoms with Gasteiger partial charge < -0.3 is 10.2 Å². The van der Waals surface area contributed by atoms with Gasteiger partial charge in [-0.25, -0.2) is 4.98 Å². The van der Waals surface area contributed by atoms with Crippen LogP contribution in [0.4, 0.5) is 18.9 Å². The summed E-state index contributed by atoms with van der Waals surface area (Å²) in [5.74, 6) is -0.0168. The highest BCUT2D eigenvalue weighted by atomic mass is 35.5. The molecular weight excluding hydrogens is 371 g/mol. The van der Waals surface area contributed by atoms with Crippen LogP contribution in [0.3, 0.4) is 0 Å². The molecule has 2 aliphatic heterocycles. The standard InChI is InChI=1S/C16H15ClF3N5O/c17-14-12(24-7-10-2-3-11(8-24)23-10)6-22-25(15(14)26)13-4-1-9(5-21-13)16(18,19)20/h1,4-6,10-11,23H,2-3,7-8H2. The molecule has 26 heavy (non-hydrogen) atoms. The monoisotopic (exact) mass is 385 g/mol. The number of piperazine rings is 1. The molecule has 2 saturated heterocycles. The van der Waals surface area contributed by atoms with Crippen LogP contribution in [0.15, 0.2) is 29.3 Å². The maximum Gasteiger partial charge on any atom is 0.417 e. The molecule has 10 heteroatoms. The molecule has 2 fully saturated rings. The summed E-state index contributed by atoms with van der Waals surface area (Å²) in [5, 5.41) is 7.54. The van der Waals surface area contributed by atoms with Gasteiger partial charge in [0.25, 0.3) is 5.56 Å². The van der Waals surface area contributed by atoms with Gasteiger partial charge in [0.05, 0.1) is 17.4 Å². The van der Waals surface area contributed by atoms with Gasteiger partial charge in [-0.15, -0.1) is 0 Å². The zero-order chi connectivity index (χ0) is 18.5. The molecule has 2 atom stereocenters. The molecule has 0 aliphatic carbocycles. The van der Waals surface area contributed by atoms with Crippen molar-refractivity contribution < 1.29 is 13.2 Å². The van der Waals surface area contributed by atoms with E-state index < -0.39 is 17.3 Å². The number of hydrogen-bond donors (Lipinski definition) is 1. The number of alkyl halides is 3. The largest absolute Gasteiger partial charge is 0.417 e. The van der Waals surface area contributed by atoms with E-state index in [4.69, 9.17) is 11.6 Å². The number of fused-ring (bicyclic) bond motifs is 2. The lowest BCUT2D eigenvalue weighted by Crippen LogP contribution is -2.51. The molecule has 2 aromatic heterocycles. The minimum Gasteiger partial charge on any atom is -0.366 e. The molecule has 1 N–H and O–H groups in total. The van der Waals surface area contributed by atoms with Crippen LogP contribution >= 0.6 is 11.6 Å². The van der Waals surface area contributed by atoms with Gasteiger partial charge in [-0.1, -0.05) is 11.6 Å². The van der Waals surface area contributed by atoms with E-state index in [0.717, 1.165) is 42.7 Å². The fraction of sp³-hybridized carbons (Fsp3) is 0.438. The van der Waals surface area contributed by atoms with Crippen molar-refractivity contribution in [2.24, 2.45) is 0 Å². The zero-order valence-electron chi connectivity index (χ0n) is 13.5. The van der Waals surface area contributed by atoms with Crippen LogP contribution in [0.1, 0.15) is 18.4 Å². The lowest BCUT2D eigenvalue weighted by molar-refractivity contribution is -0.137. The van der Waals surface area contributed by atoms with Crippen molar-refractivity contribution in [1.82, 2.24) is 20.1 Å². The molecule has 0 radical (unpaired) electrons. The van der Waals surface area contributed by atoms with Crippen molar-refractivity contribution in [2.45, 2.75) is 31.1 Å². The van der Waals surface area contributed by atoms with E-state index in [-0.39, 0.29) is 10.8 Å². The minimum absolute atomic E-state index is 0.0111. The lowest BCUT2D eigenvalue weighted by atomic mass is 10.2. The fourth-order valence-corrected chi connectivity index (χ4v) is 3.73. The third-order valence-corrected chi connectivity index (χ3v) is 5.11. The Hall–Kier alpha value is -2.13. The van der Waals surface area contributed by atoms with Crippen molar-refractivity contribution >= 4 is 17.3 Å². The third kappa shape index (κ3) is 3.05. The number of hydrogen-bond acceptors (Lipinski definition) is 5. The van der Waals surface area contributed by atoms with E-state index in [2.05, 4.69) is 15.4 Å². The molecule has 2 unspecified atom stereocenters. The molecule has 2 bridgehead atoms. The average molecular weight is 386 g/mol. The van der Waals surface area contributed by atoms with E-state index in [1.54, 1.807) is 0 Å². The Labute approximate surface area is 151 Å². The van der Waals surface area contributed by atoms with Crippen LogP contribution in [0, 0.1) is 0 Å². The fourth-order valence-electron chi connectivity index (χ4n) is 3.48. The van der Waals surface area contributed by atoms with E-state index in [0.29, 0.717) is 24.0 Å². The van der Waals surface area contributed by atoms with Gasteiger partial charge in [0.1, 0.15) is 5.02 Å². The first-order valence-corrected chi connectivity index (χ1v) is 8.53. The second kappa shape index (κ2) is 6.24. The van der Waals surface area contributed by atoms with Crippen molar-refractivity contribution in [2.75, 3.05) is 18.0 Å². The topological polar surface area (TPSA) is 63.1 Å². The number of rotatable bonds is 2. The summed E-state index contributed by atoms with van der Waals surface area (Å²) >= 11 is 6.26. The molecule has 4 heterocycles. The molecular formula is C16H15ClF3N5O. The number of nitrogens with zero attached hydrogens (tertiary/aromatic N) is 4. The Balaban J connectivity index is 1.65. The summed E-state index contributed by atoms with van der Waals surface area (Å²) < 4.78 is 38.8. The second-order valence-electron chi connectivity index (χ2n) is 6.51. The van der Waals surface area contributed by atoms with Crippen molar-refractivity contribution in [3.05, 3.63) is 45.5 Å². The van der Waals surface area contributed by atoms with Crippen LogP contribution in [-0.4, -0.2) is 39.9 Å². The van der Waals surface area contributed by atoms with Crippen LogP contribution in [0.2, 0.25) is 5.02 Å². The quantitative estimate of drug-likeness (QED) is 0.859. The highest BCUT2D eigenvalue weighted by Crippen LogP contribution is 2.30. The summed E-state index contributed by atoms with van der Waals surface area (Å²) in [6, 6.07) is 2.68. The number of halogens is 4. The summed E-state index contributed by atoms with van der Waals surface area (Å²) in [4.78, 5) is 18.3. The molecule has 2 aliphatic rings. The van der Waals surface area contributed by atoms with Crippen LogP contribution in [0.5, 0.6) is 0 Å². The highest BCUT2D eigenvalue weighted by Gasteiger charge is 2.34. The predicted molar refractivity (Wildman–Crippen MR) is 89.8 cm³/mol. The van der Waals surface area contributed by atoms with E-state index in [1.165, 1.54) is 6.20 Å². The Kier molecular flexibility index (Phi) is 4.15. The number of anilines is 1. The summed E-state index contributed by atoms with van der Waals surface area (Å²) in [6.45, 7) is 1.47. The summed E-state index contributed by atoms with van der Waals surface area (Å²) in [6.07, 6.45) is -0.197. The van der Waals surface area contributed by atoms with Gasteiger partial charge in [0.15, 0.2) is 5.82 Å². The normalized spacial score (nSPS) is 22.7. The minimum atomic E-state index is -4.49. The van der Waals surface area contributed by atoms with Crippen LogP contribution in [0.25, 0.3) is 5.82 Å². The summed E-state index contributed by atoms with van der Waals surface area (Å²) in [7, 11) is 0. The molecule has 6 nitrogen and oxygen atoms in total. The van der Waals surface area contributed by atoms with Crippen molar-refractivity contribution in [3.8, 4) is 5.82 Å². The molecule has 0 saturated carbocycles. The van der Waals surface area contributed by atoms with Crippen molar-refractivity contribution in [1.29, 1.82) is 0 Å². The van der Waals surface area contributed by atoms with E-state index in [1.807, 2.05) is 4.90 Å². The maximum absolute atomic E-state index is 12.6. The average Bonchev–Trinajstić information content (AvgIpc) is 2.94. The Morgan fingerprint density at radius 3 is 2.42 bits per heavy atom. The summed E-state index contributed by atoms with van der Waals surface area (Å²) in [5.41, 5.74) is -0.964. The number of nitrogens with one attached hydrogen (secondary N) is 1.